The topological polar surface area (TPSA) is 70.5 Å². The number of anilines is 1. The van der Waals surface area contributed by atoms with Gasteiger partial charge in [0.05, 0.1) is 22.4 Å². The fourth-order valence-electron chi connectivity index (χ4n) is 2.95. The molecule has 0 saturated heterocycles. The van der Waals surface area contributed by atoms with Crippen LogP contribution < -0.4 is 5.32 Å². The second-order valence-electron chi connectivity index (χ2n) is 6.58. The standard InChI is InChI=1S/C18H17N5OS4/c24-16(10-27-18-21-20-17(28-18)19-11-5-6-11)23-13(15-4-2-8-26-15)9-12(22-23)14-3-1-7-25-14/h1-4,7-8,11,13H,5-6,9-10H2,(H,19,20). The lowest BCUT2D eigenvalue weighted by atomic mass is 10.1. The van der Waals surface area contributed by atoms with Crippen LogP contribution in [-0.2, 0) is 4.79 Å². The fourth-order valence-corrected chi connectivity index (χ4v) is 6.17. The van der Waals surface area contributed by atoms with E-state index < -0.39 is 0 Å². The molecule has 1 saturated carbocycles. The quantitative estimate of drug-likeness (QED) is 0.531. The van der Waals surface area contributed by atoms with Crippen molar-refractivity contribution in [1.82, 2.24) is 15.2 Å². The predicted molar refractivity (Wildman–Crippen MR) is 117 cm³/mol. The zero-order valence-electron chi connectivity index (χ0n) is 14.8. The number of hydrogen-bond acceptors (Lipinski definition) is 9. The first-order chi connectivity index (χ1) is 13.8. The number of hydrogen-bond donors (Lipinski definition) is 1. The van der Waals surface area contributed by atoms with E-state index in [2.05, 4.69) is 27.6 Å². The molecule has 1 N–H and O–H groups in total. The third kappa shape index (κ3) is 4.00. The van der Waals surface area contributed by atoms with Crippen molar-refractivity contribution in [3.8, 4) is 0 Å². The maximum absolute atomic E-state index is 13.0. The summed E-state index contributed by atoms with van der Waals surface area (Å²) in [5.41, 5.74) is 0.985. The summed E-state index contributed by atoms with van der Waals surface area (Å²) in [6.45, 7) is 0. The highest BCUT2D eigenvalue weighted by molar-refractivity contribution is 8.01. The van der Waals surface area contributed by atoms with Crippen LogP contribution in [-0.4, -0.2) is 38.6 Å². The van der Waals surface area contributed by atoms with Crippen LogP contribution in [0, 0.1) is 0 Å². The van der Waals surface area contributed by atoms with E-state index in [-0.39, 0.29) is 11.9 Å². The number of nitrogens with zero attached hydrogens (tertiary/aromatic N) is 4. The number of thioether (sulfide) groups is 1. The number of nitrogens with one attached hydrogen (secondary N) is 1. The molecule has 4 heterocycles. The Kier molecular flexibility index (Phi) is 5.19. The molecule has 10 heteroatoms. The average molecular weight is 448 g/mol. The molecular weight excluding hydrogens is 431 g/mol. The van der Waals surface area contributed by atoms with Crippen LogP contribution in [0.5, 0.6) is 0 Å². The minimum Gasteiger partial charge on any atom is -0.357 e. The number of carbonyl (C=O) groups is 1. The van der Waals surface area contributed by atoms with E-state index in [9.17, 15) is 4.79 Å². The summed E-state index contributed by atoms with van der Waals surface area (Å²) in [6.07, 6.45) is 3.15. The number of aromatic nitrogens is 2. The molecule has 3 aromatic rings. The van der Waals surface area contributed by atoms with E-state index in [0.29, 0.717) is 11.8 Å². The molecule has 144 valence electrons. The van der Waals surface area contributed by atoms with Gasteiger partial charge in [0, 0.05) is 17.3 Å². The van der Waals surface area contributed by atoms with Crippen LogP contribution in [0.4, 0.5) is 5.13 Å². The zero-order chi connectivity index (χ0) is 18.9. The lowest BCUT2D eigenvalue weighted by molar-refractivity contribution is -0.130. The van der Waals surface area contributed by atoms with Gasteiger partial charge in [-0.25, -0.2) is 5.01 Å². The van der Waals surface area contributed by atoms with E-state index >= 15 is 0 Å². The molecule has 1 atom stereocenters. The summed E-state index contributed by atoms with van der Waals surface area (Å²) in [7, 11) is 0. The second kappa shape index (κ2) is 7.94. The van der Waals surface area contributed by atoms with Gasteiger partial charge in [-0.2, -0.15) is 5.10 Å². The first-order valence-corrected chi connectivity index (χ1v) is 12.5. The molecule has 1 fully saturated rings. The molecule has 0 spiro atoms. The summed E-state index contributed by atoms with van der Waals surface area (Å²) >= 11 is 6.27. The molecule has 0 bridgehead atoms. The van der Waals surface area contributed by atoms with Gasteiger partial charge < -0.3 is 5.32 Å². The van der Waals surface area contributed by atoms with Gasteiger partial charge in [0.2, 0.25) is 5.13 Å². The van der Waals surface area contributed by atoms with Crippen LogP contribution in [0.25, 0.3) is 0 Å². The highest BCUT2D eigenvalue weighted by Gasteiger charge is 2.34. The number of thiophene rings is 2. The molecule has 1 unspecified atom stereocenters. The first-order valence-electron chi connectivity index (χ1n) is 8.96. The smallest absolute Gasteiger partial charge is 0.253 e. The Bertz CT molecular complexity index is 978. The minimum atomic E-state index is -0.0216. The molecule has 28 heavy (non-hydrogen) atoms. The van der Waals surface area contributed by atoms with Gasteiger partial charge in [-0.15, -0.1) is 32.9 Å². The second-order valence-corrected chi connectivity index (χ2v) is 10.7. The van der Waals surface area contributed by atoms with Gasteiger partial charge >= 0.3 is 0 Å². The molecule has 0 radical (unpaired) electrons. The maximum Gasteiger partial charge on any atom is 0.253 e. The Hall–Kier alpha value is -1.75. The lowest BCUT2D eigenvalue weighted by Crippen LogP contribution is -2.28. The normalized spacial score (nSPS) is 19.1. The van der Waals surface area contributed by atoms with Crippen molar-refractivity contribution in [2.24, 2.45) is 5.10 Å². The van der Waals surface area contributed by atoms with E-state index in [1.165, 1.54) is 40.8 Å². The molecule has 5 rings (SSSR count). The molecular formula is C18H17N5OS4. The minimum absolute atomic E-state index is 0.00172. The van der Waals surface area contributed by atoms with Gasteiger partial charge in [0.15, 0.2) is 4.34 Å². The van der Waals surface area contributed by atoms with Crippen molar-refractivity contribution in [1.29, 1.82) is 0 Å². The molecule has 1 amide bonds. The SMILES string of the molecule is O=C(CSc1nnc(NC2CC2)s1)N1N=C(c2cccs2)CC1c1cccs1. The van der Waals surface area contributed by atoms with Gasteiger partial charge in [-0.3, -0.25) is 4.79 Å². The number of carbonyl (C=O) groups excluding carboxylic acids is 1. The highest BCUT2D eigenvalue weighted by atomic mass is 32.2. The lowest BCUT2D eigenvalue weighted by Gasteiger charge is -2.20. The monoisotopic (exact) mass is 447 g/mol. The fraction of sp³-hybridized carbons (Fsp3) is 0.333. The Morgan fingerprint density at radius 2 is 2.07 bits per heavy atom. The van der Waals surface area contributed by atoms with Crippen LogP contribution in [0.1, 0.15) is 35.1 Å². The number of amides is 1. The van der Waals surface area contributed by atoms with Gasteiger partial charge in [-0.1, -0.05) is 35.2 Å². The number of rotatable bonds is 7. The Balaban J connectivity index is 1.28. The summed E-state index contributed by atoms with van der Waals surface area (Å²) in [6, 6.07) is 8.71. The maximum atomic E-state index is 13.0. The van der Waals surface area contributed by atoms with Crippen LogP contribution in [0.3, 0.4) is 0 Å². The number of hydrazone groups is 1. The third-order valence-corrected chi connectivity index (χ3v) is 8.34. The Labute approximate surface area is 178 Å². The van der Waals surface area contributed by atoms with Gasteiger partial charge in [-0.05, 0) is 35.7 Å². The molecule has 3 aromatic heterocycles. The highest BCUT2D eigenvalue weighted by Crippen LogP contribution is 2.37. The summed E-state index contributed by atoms with van der Waals surface area (Å²) < 4.78 is 0.811. The van der Waals surface area contributed by atoms with Gasteiger partial charge in [0.25, 0.3) is 5.91 Å². The molecule has 0 aromatic carbocycles. The van der Waals surface area contributed by atoms with Gasteiger partial charge in [0.1, 0.15) is 0 Å². The largest absolute Gasteiger partial charge is 0.357 e. The van der Waals surface area contributed by atoms with Crippen molar-refractivity contribution in [3.05, 3.63) is 44.8 Å². The van der Waals surface area contributed by atoms with E-state index in [1.54, 1.807) is 27.7 Å². The first kappa shape index (κ1) is 18.3. The van der Waals surface area contributed by atoms with Crippen molar-refractivity contribution >= 4 is 62.5 Å². The molecule has 1 aliphatic carbocycles. The zero-order valence-corrected chi connectivity index (χ0v) is 18.0. The summed E-state index contributed by atoms with van der Waals surface area (Å²) in [5, 5.41) is 23.0. The van der Waals surface area contributed by atoms with E-state index in [0.717, 1.165) is 26.5 Å². The van der Waals surface area contributed by atoms with Crippen molar-refractivity contribution in [2.75, 3.05) is 11.1 Å². The molecule has 1 aliphatic heterocycles. The molecule has 6 nitrogen and oxygen atoms in total. The third-order valence-electron chi connectivity index (χ3n) is 4.47. The van der Waals surface area contributed by atoms with E-state index in [4.69, 9.17) is 5.10 Å². The molecule has 2 aliphatic rings. The summed E-state index contributed by atoms with van der Waals surface area (Å²) in [4.78, 5) is 15.3. The Morgan fingerprint density at radius 3 is 2.82 bits per heavy atom. The van der Waals surface area contributed by atoms with Crippen molar-refractivity contribution < 1.29 is 4.79 Å². The van der Waals surface area contributed by atoms with Crippen molar-refractivity contribution in [3.63, 3.8) is 0 Å². The average Bonchev–Trinajstić information content (AvgIpc) is 3.24. The van der Waals surface area contributed by atoms with Crippen LogP contribution >= 0.6 is 45.8 Å². The van der Waals surface area contributed by atoms with E-state index in [1.807, 2.05) is 22.9 Å². The Morgan fingerprint density at radius 1 is 1.21 bits per heavy atom. The van der Waals surface area contributed by atoms with Crippen molar-refractivity contribution in [2.45, 2.75) is 35.7 Å². The summed E-state index contributed by atoms with van der Waals surface area (Å²) in [5.74, 6) is 0.308. The predicted octanol–water partition coefficient (Wildman–Crippen LogP) is 4.71. The van der Waals surface area contributed by atoms with Crippen LogP contribution in [0.2, 0.25) is 0 Å². The van der Waals surface area contributed by atoms with Crippen LogP contribution in [0.15, 0.2) is 44.5 Å².